The maximum Gasteiger partial charge on any atom is 0.387 e. The van der Waals surface area contributed by atoms with Crippen molar-refractivity contribution >= 4 is 28.9 Å². The number of hydrogen-bond acceptors (Lipinski definition) is 4. The summed E-state index contributed by atoms with van der Waals surface area (Å²) in [5.41, 5.74) is 0.605. The van der Waals surface area contributed by atoms with Crippen molar-refractivity contribution in [2.75, 3.05) is 11.9 Å². The molecule has 0 aliphatic carbocycles. The summed E-state index contributed by atoms with van der Waals surface area (Å²) in [5.74, 6) is 0.554. The van der Waals surface area contributed by atoms with Gasteiger partial charge in [-0.2, -0.15) is 8.78 Å². The van der Waals surface area contributed by atoms with E-state index in [4.69, 9.17) is 17.0 Å². The van der Waals surface area contributed by atoms with Crippen molar-refractivity contribution in [1.29, 1.82) is 0 Å². The number of nitrogens with one attached hydrogen (secondary N) is 2. The molecule has 0 unspecified atom stereocenters. The Hall–Kier alpha value is -2.74. The third kappa shape index (κ3) is 6.82. The SMILES string of the molecule is CC(C)COc1ccc(C(=O)NC(=S)Nc2ccccc2OC(F)F)cc1. The first-order valence-corrected chi connectivity index (χ1v) is 8.65. The first-order valence-electron chi connectivity index (χ1n) is 8.24. The van der Waals surface area contributed by atoms with E-state index in [1.54, 1.807) is 36.4 Å². The van der Waals surface area contributed by atoms with E-state index in [0.29, 0.717) is 23.8 Å². The number of benzene rings is 2. The number of ether oxygens (including phenoxy) is 2. The van der Waals surface area contributed by atoms with Crippen LogP contribution in [0.5, 0.6) is 11.5 Å². The molecule has 0 aliphatic rings. The maximum atomic E-state index is 12.4. The number of amides is 1. The Balaban J connectivity index is 1.95. The molecule has 0 spiro atoms. The molecule has 0 radical (unpaired) electrons. The van der Waals surface area contributed by atoms with E-state index in [-0.39, 0.29) is 16.5 Å². The Morgan fingerprint density at radius 2 is 1.78 bits per heavy atom. The number of para-hydroxylation sites is 2. The zero-order valence-corrected chi connectivity index (χ0v) is 15.7. The fraction of sp³-hybridized carbons (Fsp3) is 0.263. The van der Waals surface area contributed by atoms with Crippen LogP contribution >= 0.6 is 12.2 Å². The van der Waals surface area contributed by atoms with Gasteiger partial charge in [-0.05, 0) is 54.5 Å². The first-order chi connectivity index (χ1) is 12.8. The lowest BCUT2D eigenvalue weighted by Crippen LogP contribution is -2.34. The fourth-order valence-electron chi connectivity index (χ4n) is 2.06. The second-order valence-electron chi connectivity index (χ2n) is 6.01. The molecule has 2 rings (SSSR count). The van der Waals surface area contributed by atoms with Gasteiger partial charge in [-0.3, -0.25) is 10.1 Å². The second kappa shape index (κ2) is 9.82. The van der Waals surface area contributed by atoms with Gasteiger partial charge in [0.25, 0.3) is 5.91 Å². The molecule has 144 valence electrons. The Morgan fingerprint density at radius 1 is 1.11 bits per heavy atom. The summed E-state index contributed by atoms with van der Waals surface area (Å²) >= 11 is 5.07. The highest BCUT2D eigenvalue weighted by molar-refractivity contribution is 7.80. The lowest BCUT2D eigenvalue weighted by Gasteiger charge is -2.14. The lowest BCUT2D eigenvalue weighted by molar-refractivity contribution is -0.0493. The highest BCUT2D eigenvalue weighted by Gasteiger charge is 2.12. The third-order valence-corrected chi connectivity index (χ3v) is 3.48. The van der Waals surface area contributed by atoms with Gasteiger partial charge in [0.1, 0.15) is 11.5 Å². The molecule has 5 nitrogen and oxygen atoms in total. The molecule has 0 atom stereocenters. The number of carbonyl (C=O) groups excluding carboxylic acids is 1. The van der Waals surface area contributed by atoms with E-state index in [1.165, 1.54) is 12.1 Å². The molecule has 8 heteroatoms. The predicted molar refractivity (Wildman–Crippen MR) is 104 cm³/mol. The van der Waals surface area contributed by atoms with Crippen LogP contribution in [0.4, 0.5) is 14.5 Å². The largest absolute Gasteiger partial charge is 0.493 e. The van der Waals surface area contributed by atoms with Gasteiger partial charge in [-0.1, -0.05) is 26.0 Å². The highest BCUT2D eigenvalue weighted by Crippen LogP contribution is 2.25. The number of rotatable bonds is 7. The molecule has 2 N–H and O–H groups in total. The molecule has 2 aromatic carbocycles. The van der Waals surface area contributed by atoms with Crippen LogP contribution in [0, 0.1) is 5.92 Å². The van der Waals surface area contributed by atoms with Crippen molar-refractivity contribution in [1.82, 2.24) is 5.32 Å². The van der Waals surface area contributed by atoms with Crippen molar-refractivity contribution in [2.45, 2.75) is 20.5 Å². The zero-order valence-electron chi connectivity index (χ0n) is 14.9. The summed E-state index contributed by atoms with van der Waals surface area (Å²) in [5, 5.41) is 5.13. The molecule has 0 heterocycles. The summed E-state index contributed by atoms with van der Waals surface area (Å²) in [6.45, 7) is 1.70. The van der Waals surface area contributed by atoms with Crippen LogP contribution in [-0.4, -0.2) is 24.2 Å². The van der Waals surface area contributed by atoms with E-state index in [2.05, 4.69) is 15.4 Å². The van der Waals surface area contributed by atoms with Gasteiger partial charge < -0.3 is 14.8 Å². The molecule has 0 aliphatic heterocycles. The molecule has 0 bridgehead atoms. The molecule has 27 heavy (non-hydrogen) atoms. The zero-order chi connectivity index (χ0) is 19.8. The number of anilines is 1. The average Bonchev–Trinajstić information content (AvgIpc) is 2.61. The van der Waals surface area contributed by atoms with Gasteiger partial charge in [-0.15, -0.1) is 0 Å². The predicted octanol–water partition coefficient (Wildman–Crippen LogP) is 4.45. The molecule has 0 saturated carbocycles. The smallest absolute Gasteiger partial charge is 0.387 e. The molecule has 1 amide bonds. The summed E-state index contributed by atoms with van der Waals surface area (Å²) < 4.78 is 34.8. The van der Waals surface area contributed by atoms with E-state index < -0.39 is 12.5 Å². The maximum absolute atomic E-state index is 12.4. The van der Waals surface area contributed by atoms with Crippen LogP contribution in [-0.2, 0) is 0 Å². The topological polar surface area (TPSA) is 59.6 Å². The van der Waals surface area contributed by atoms with Gasteiger partial charge in [0, 0.05) is 5.56 Å². The number of alkyl halides is 2. The quantitative estimate of drug-likeness (QED) is 0.680. The van der Waals surface area contributed by atoms with Crippen LogP contribution in [0.3, 0.4) is 0 Å². The highest BCUT2D eigenvalue weighted by atomic mass is 32.1. The summed E-state index contributed by atoms with van der Waals surface area (Å²) in [7, 11) is 0. The van der Waals surface area contributed by atoms with Gasteiger partial charge in [0.2, 0.25) is 0 Å². The Labute approximate surface area is 161 Å². The molecular weight excluding hydrogens is 374 g/mol. The second-order valence-corrected chi connectivity index (χ2v) is 6.42. The average molecular weight is 394 g/mol. The number of hydrogen-bond donors (Lipinski definition) is 2. The Bertz CT molecular complexity index is 783. The standard InChI is InChI=1S/C19H20F2N2O3S/c1-12(2)11-25-14-9-7-13(8-10-14)17(24)23-19(27)22-15-5-3-4-6-16(15)26-18(20)21/h3-10,12,18H,11H2,1-2H3,(H2,22,23,24,27). The molecule has 0 aromatic heterocycles. The minimum absolute atomic E-state index is 0.0366. The normalized spacial score (nSPS) is 10.6. The van der Waals surface area contributed by atoms with Crippen molar-refractivity contribution < 1.29 is 23.0 Å². The van der Waals surface area contributed by atoms with Crippen LogP contribution in [0.15, 0.2) is 48.5 Å². The Morgan fingerprint density at radius 3 is 2.41 bits per heavy atom. The van der Waals surface area contributed by atoms with Gasteiger partial charge in [-0.25, -0.2) is 0 Å². The van der Waals surface area contributed by atoms with Crippen molar-refractivity contribution in [3.63, 3.8) is 0 Å². The molecule has 0 saturated heterocycles. The first kappa shape index (κ1) is 20.6. The number of thiocarbonyl (C=S) groups is 1. The van der Waals surface area contributed by atoms with Crippen LogP contribution in [0.2, 0.25) is 0 Å². The van der Waals surface area contributed by atoms with E-state index >= 15 is 0 Å². The minimum Gasteiger partial charge on any atom is -0.493 e. The number of halogens is 2. The van der Waals surface area contributed by atoms with Crippen LogP contribution in [0.1, 0.15) is 24.2 Å². The monoisotopic (exact) mass is 394 g/mol. The van der Waals surface area contributed by atoms with Crippen molar-refractivity contribution in [3.05, 3.63) is 54.1 Å². The lowest BCUT2D eigenvalue weighted by atomic mass is 10.2. The van der Waals surface area contributed by atoms with Crippen LogP contribution in [0.25, 0.3) is 0 Å². The van der Waals surface area contributed by atoms with E-state index in [0.717, 1.165) is 0 Å². The van der Waals surface area contributed by atoms with Crippen molar-refractivity contribution in [3.8, 4) is 11.5 Å². The summed E-state index contributed by atoms with van der Waals surface area (Å²) in [6, 6.07) is 12.7. The number of carbonyl (C=O) groups is 1. The summed E-state index contributed by atoms with van der Waals surface area (Å²) in [6.07, 6.45) is 0. The van der Waals surface area contributed by atoms with E-state index in [1.807, 2.05) is 13.8 Å². The Kier molecular flexibility index (Phi) is 7.48. The molecule has 0 fully saturated rings. The van der Waals surface area contributed by atoms with Crippen LogP contribution < -0.4 is 20.1 Å². The van der Waals surface area contributed by atoms with Gasteiger partial charge in [0.15, 0.2) is 5.11 Å². The fourth-order valence-corrected chi connectivity index (χ4v) is 2.27. The third-order valence-electron chi connectivity index (χ3n) is 3.28. The molecular formula is C19H20F2N2O3S. The summed E-state index contributed by atoms with van der Waals surface area (Å²) in [4.78, 5) is 12.3. The van der Waals surface area contributed by atoms with Crippen molar-refractivity contribution in [2.24, 2.45) is 5.92 Å². The molecule has 2 aromatic rings. The minimum atomic E-state index is -2.97. The van der Waals surface area contributed by atoms with Gasteiger partial charge >= 0.3 is 6.61 Å². The van der Waals surface area contributed by atoms with Gasteiger partial charge in [0.05, 0.1) is 12.3 Å². The van der Waals surface area contributed by atoms with E-state index in [9.17, 15) is 13.6 Å².